The third kappa shape index (κ3) is 3.57. The van der Waals surface area contributed by atoms with E-state index in [1.807, 2.05) is 60.1 Å². The van der Waals surface area contributed by atoms with Crippen LogP contribution in [-0.2, 0) is 6.54 Å². The molecule has 0 unspecified atom stereocenters. The zero-order chi connectivity index (χ0) is 18.8. The summed E-state index contributed by atoms with van der Waals surface area (Å²) >= 11 is 6.04. The van der Waals surface area contributed by atoms with Crippen molar-refractivity contribution in [3.05, 3.63) is 89.3 Å². The Balaban J connectivity index is 1.78. The van der Waals surface area contributed by atoms with Crippen LogP contribution in [0.4, 0.5) is 5.82 Å². The predicted octanol–water partition coefficient (Wildman–Crippen LogP) is 5.20. The van der Waals surface area contributed by atoms with E-state index in [1.165, 1.54) is 5.56 Å². The van der Waals surface area contributed by atoms with Crippen molar-refractivity contribution < 1.29 is 0 Å². The lowest BCUT2D eigenvalue weighted by atomic mass is 9.96. The monoisotopic (exact) mass is 374 g/mol. The molecule has 0 aliphatic rings. The predicted molar refractivity (Wildman–Crippen MR) is 111 cm³/mol. The maximum Gasteiger partial charge on any atom is 0.131 e. The molecule has 5 heteroatoms. The van der Waals surface area contributed by atoms with Gasteiger partial charge in [-0.2, -0.15) is 5.10 Å². The smallest absolute Gasteiger partial charge is 0.131 e. The van der Waals surface area contributed by atoms with Gasteiger partial charge in [0.2, 0.25) is 0 Å². The first-order chi connectivity index (χ1) is 13.1. The van der Waals surface area contributed by atoms with E-state index < -0.39 is 0 Å². The van der Waals surface area contributed by atoms with Gasteiger partial charge >= 0.3 is 0 Å². The van der Waals surface area contributed by atoms with Crippen molar-refractivity contribution in [2.75, 3.05) is 5.73 Å². The Labute approximate surface area is 163 Å². The van der Waals surface area contributed by atoms with E-state index in [-0.39, 0.29) is 0 Å². The van der Waals surface area contributed by atoms with Crippen molar-refractivity contribution in [2.24, 2.45) is 0 Å². The van der Waals surface area contributed by atoms with Crippen LogP contribution in [0.3, 0.4) is 0 Å². The van der Waals surface area contributed by atoms with Gasteiger partial charge in [-0.15, -0.1) is 0 Å². The molecule has 4 aromatic rings. The molecule has 134 valence electrons. The average molecular weight is 375 g/mol. The highest BCUT2D eigenvalue weighted by molar-refractivity contribution is 6.30. The summed E-state index contributed by atoms with van der Waals surface area (Å²) in [7, 11) is 0. The molecule has 4 nitrogen and oxygen atoms in total. The molecule has 0 radical (unpaired) electrons. The molecule has 0 amide bonds. The van der Waals surface area contributed by atoms with Crippen LogP contribution in [0.5, 0.6) is 0 Å². The second-order valence-electron chi connectivity index (χ2n) is 6.44. The number of rotatable bonds is 4. The number of hydrogen-bond donors (Lipinski definition) is 1. The van der Waals surface area contributed by atoms with Crippen LogP contribution in [-0.4, -0.2) is 14.8 Å². The molecule has 0 fully saturated rings. The van der Waals surface area contributed by atoms with E-state index in [4.69, 9.17) is 22.4 Å². The maximum atomic E-state index is 6.24. The largest absolute Gasteiger partial charge is 0.383 e. The quantitative estimate of drug-likeness (QED) is 0.533. The molecule has 0 bridgehead atoms. The van der Waals surface area contributed by atoms with Crippen molar-refractivity contribution in [2.45, 2.75) is 13.5 Å². The lowest BCUT2D eigenvalue weighted by molar-refractivity contribution is 0.679. The van der Waals surface area contributed by atoms with Gasteiger partial charge < -0.3 is 5.73 Å². The fraction of sp³-hybridized carbons (Fsp3) is 0.0909. The van der Waals surface area contributed by atoms with Crippen molar-refractivity contribution in [3.8, 4) is 22.3 Å². The maximum absolute atomic E-state index is 6.24. The number of nitrogen functional groups attached to an aromatic ring is 1. The third-order valence-corrected chi connectivity index (χ3v) is 4.79. The van der Waals surface area contributed by atoms with Crippen LogP contribution in [0.2, 0.25) is 5.02 Å². The first-order valence-corrected chi connectivity index (χ1v) is 9.08. The fourth-order valence-electron chi connectivity index (χ4n) is 3.26. The summed E-state index contributed by atoms with van der Waals surface area (Å²) in [6, 6.07) is 19.9. The van der Waals surface area contributed by atoms with Gasteiger partial charge in [-0.25, -0.2) is 4.98 Å². The molecular weight excluding hydrogens is 356 g/mol. The van der Waals surface area contributed by atoms with Crippen LogP contribution in [0.1, 0.15) is 11.3 Å². The van der Waals surface area contributed by atoms with E-state index in [1.54, 1.807) is 6.20 Å². The van der Waals surface area contributed by atoms with Crippen molar-refractivity contribution >= 4 is 17.4 Å². The second-order valence-corrected chi connectivity index (χ2v) is 6.87. The Kier molecular flexibility index (Phi) is 4.65. The van der Waals surface area contributed by atoms with Gasteiger partial charge in [0.05, 0.1) is 12.2 Å². The fourth-order valence-corrected chi connectivity index (χ4v) is 3.38. The van der Waals surface area contributed by atoms with E-state index in [0.717, 1.165) is 34.5 Å². The van der Waals surface area contributed by atoms with Crippen LogP contribution in [0.15, 0.2) is 73.1 Å². The van der Waals surface area contributed by atoms with Gasteiger partial charge in [-0.05, 0) is 41.8 Å². The normalized spacial score (nSPS) is 10.9. The number of hydrogen-bond acceptors (Lipinski definition) is 3. The molecule has 2 aromatic heterocycles. The highest BCUT2D eigenvalue weighted by atomic mass is 35.5. The Hall–Kier alpha value is -3.11. The van der Waals surface area contributed by atoms with Crippen LogP contribution >= 0.6 is 11.6 Å². The van der Waals surface area contributed by atoms with Gasteiger partial charge in [0.1, 0.15) is 5.82 Å². The van der Waals surface area contributed by atoms with E-state index in [2.05, 4.69) is 23.3 Å². The minimum atomic E-state index is 0.491. The first kappa shape index (κ1) is 17.3. The van der Waals surface area contributed by atoms with Crippen LogP contribution in [0, 0.1) is 6.92 Å². The summed E-state index contributed by atoms with van der Waals surface area (Å²) in [5.41, 5.74) is 12.3. The molecule has 2 aromatic carbocycles. The topological polar surface area (TPSA) is 56.7 Å². The number of aromatic nitrogens is 3. The molecule has 0 aliphatic heterocycles. The number of pyridine rings is 1. The Bertz CT molecular complexity index is 1070. The van der Waals surface area contributed by atoms with Gasteiger partial charge in [-0.1, -0.05) is 54.1 Å². The molecule has 0 atom stereocenters. The number of halogens is 1. The molecule has 0 spiro atoms. The molecule has 2 N–H and O–H groups in total. The van der Waals surface area contributed by atoms with Crippen LogP contribution in [0.25, 0.3) is 22.3 Å². The van der Waals surface area contributed by atoms with Crippen molar-refractivity contribution in [1.82, 2.24) is 14.8 Å². The van der Waals surface area contributed by atoms with Crippen molar-refractivity contribution in [3.63, 3.8) is 0 Å². The molecule has 0 aliphatic carbocycles. The minimum absolute atomic E-state index is 0.491. The van der Waals surface area contributed by atoms with Crippen LogP contribution < -0.4 is 5.73 Å². The molecule has 2 heterocycles. The molecule has 27 heavy (non-hydrogen) atoms. The zero-order valence-corrected chi connectivity index (χ0v) is 15.7. The lowest BCUT2D eigenvalue weighted by Crippen LogP contribution is -1.99. The lowest BCUT2D eigenvalue weighted by Gasteiger charge is -2.11. The van der Waals surface area contributed by atoms with E-state index in [0.29, 0.717) is 10.8 Å². The summed E-state index contributed by atoms with van der Waals surface area (Å²) in [5.74, 6) is 0.491. The third-order valence-electron chi connectivity index (χ3n) is 4.54. The number of aryl methyl sites for hydroxylation is 1. The van der Waals surface area contributed by atoms with Gasteiger partial charge in [0, 0.05) is 28.5 Å². The molecule has 4 rings (SSSR count). The summed E-state index contributed by atoms with van der Waals surface area (Å²) in [5, 5.41) is 5.38. The summed E-state index contributed by atoms with van der Waals surface area (Å²) in [4.78, 5) is 4.29. The zero-order valence-electron chi connectivity index (χ0n) is 14.9. The molecular formula is C22H19ClN4. The highest BCUT2D eigenvalue weighted by Gasteiger charge is 2.16. The summed E-state index contributed by atoms with van der Waals surface area (Å²) < 4.78 is 1.96. The van der Waals surface area contributed by atoms with E-state index in [9.17, 15) is 0 Å². The Morgan fingerprint density at radius 3 is 2.44 bits per heavy atom. The minimum Gasteiger partial charge on any atom is -0.383 e. The summed E-state index contributed by atoms with van der Waals surface area (Å²) in [6.45, 7) is 2.73. The SMILES string of the molecule is Cc1nn(Cc2ccccc2)cc1-c1ccnc(N)c1-c1ccc(Cl)cc1. The molecule has 0 saturated heterocycles. The number of nitrogens with two attached hydrogens (primary N) is 1. The number of benzene rings is 2. The second kappa shape index (κ2) is 7.25. The number of anilines is 1. The van der Waals surface area contributed by atoms with Gasteiger partial charge in [-0.3, -0.25) is 4.68 Å². The van der Waals surface area contributed by atoms with Crippen molar-refractivity contribution in [1.29, 1.82) is 0 Å². The van der Waals surface area contributed by atoms with Gasteiger partial charge in [0.15, 0.2) is 0 Å². The summed E-state index contributed by atoms with van der Waals surface area (Å²) in [6.07, 6.45) is 3.80. The number of nitrogens with zero attached hydrogens (tertiary/aromatic N) is 3. The Morgan fingerprint density at radius 1 is 0.963 bits per heavy atom. The van der Waals surface area contributed by atoms with Gasteiger partial charge in [0.25, 0.3) is 0 Å². The standard InChI is InChI=1S/C22H19ClN4/c1-15-20(14-27(26-15)13-16-5-3-2-4-6-16)19-11-12-25-22(24)21(19)17-7-9-18(23)10-8-17/h2-12,14H,13H2,1H3,(H2,24,25). The van der Waals surface area contributed by atoms with E-state index >= 15 is 0 Å². The molecule has 0 saturated carbocycles. The first-order valence-electron chi connectivity index (χ1n) is 8.70. The Morgan fingerprint density at radius 2 is 1.70 bits per heavy atom. The average Bonchev–Trinajstić information content (AvgIpc) is 3.03. The highest BCUT2D eigenvalue weighted by Crippen LogP contribution is 2.37.